The zero-order chi connectivity index (χ0) is 22.7. The molecule has 31 heavy (non-hydrogen) atoms. The average Bonchev–Trinajstić information content (AvgIpc) is 2.99. The molecule has 2 unspecified atom stereocenters. The quantitative estimate of drug-likeness (QED) is 0.294. The first-order valence-corrected chi connectivity index (χ1v) is 11.3. The number of carbonyl (C=O) groups is 5. The number of Topliss-reactive ketones (excluding diaryl/α,β-unsaturated/α-hetero) is 1. The van der Waals surface area contributed by atoms with E-state index in [0.29, 0.717) is 0 Å². The summed E-state index contributed by atoms with van der Waals surface area (Å²) in [7, 11) is 0. The van der Waals surface area contributed by atoms with Crippen LogP contribution in [0, 0.1) is 5.92 Å². The number of nitrogens with zero attached hydrogens (tertiary/aromatic N) is 1. The maximum absolute atomic E-state index is 12.4. The summed E-state index contributed by atoms with van der Waals surface area (Å²) in [6.07, 6.45) is 4.97. The molecule has 0 aromatic carbocycles. The highest BCUT2D eigenvalue weighted by Crippen LogP contribution is 2.20. The molecule has 0 aliphatic carbocycles. The van der Waals surface area contributed by atoms with Crippen LogP contribution in [-0.4, -0.2) is 55.1 Å². The highest BCUT2D eigenvalue weighted by atomic mass is 32.2. The summed E-state index contributed by atoms with van der Waals surface area (Å²) in [4.78, 5) is 64.1. The number of ketones is 1. The maximum atomic E-state index is 12.4. The maximum Gasteiger partial charge on any atom is 0.352 e. The number of hydrogen-bond acceptors (Lipinski definition) is 7. The van der Waals surface area contributed by atoms with Gasteiger partial charge in [-0.1, -0.05) is 47.0 Å². The van der Waals surface area contributed by atoms with E-state index < -0.39 is 53.0 Å². The Morgan fingerprint density at radius 2 is 1.74 bits per heavy atom. The Morgan fingerprint density at radius 3 is 2.23 bits per heavy atom. The lowest BCUT2D eigenvalue weighted by atomic mass is 9.90. The normalized spacial score (nSPS) is 16.8. The smallest absolute Gasteiger partial charge is 0.345 e. The van der Waals surface area contributed by atoms with E-state index in [1.807, 2.05) is 0 Å². The SMILES string of the molecule is C.CCCCC(CCCC)C(=O)CCC(=O)NCC(=O)ON1C(=O)CC(S(=O)O)C1=O. The van der Waals surface area contributed by atoms with Crippen LogP contribution in [0.15, 0.2) is 0 Å². The third kappa shape index (κ3) is 9.69. The molecule has 0 aromatic heterocycles. The third-order valence-corrected chi connectivity index (χ3v) is 5.65. The molecule has 2 atom stereocenters. The molecule has 1 fully saturated rings. The van der Waals surface area contributed by atoms with Gasteiger partial charge in [-0.25, -0.2) is 9.00 Å². The lowest BCUT2D eigenvalue weighted by molar-refractivity contribution is -0.196. The van der Waals surface area contributed by atoms with Crippen LogP contribution in [0.5, 0.6) is 0 Å². The summed E-state index contributed by atoms with van der Waals surface area (Å²) in [6, 6.07) is 0. The summed E-state index contributed by atoms with van der Waals surface area (Å²) in [6.45, 7) is 3.51. The first kappa shape index (κ1) is 28.9. The van der Waals surface area contributed by atoms with Crippen LogP contribution < -0.4 is 5.32 Å². The summed E-state index contributed by atoms with van der Waals surface area (Å²) >= 11 is -2.56. The van der Waals surface area contributed by atoms with Gasteiger partial charge in [-0.2, -0.15) is 0 Å². The molecular formula is C20H34N2O8S. The van der Waals surface area contributed by atoms with Crippen molar-refractivity contribution in [1.82, 2.24) is 10.4 Å². The van der Waals surface area contributed by atoms with E-state index in [2.05, 4.69) is 24.0 Å². The Hall–Kier alpha value is -2.14. The monoisotopic (exact) mass is 462 g/mol. The zero-order valence-corrected chi connectivity index (χ0v) is 18.2. The molecule has 0 saturated carbocycles. The number of rotatable bonds is 14. The van der Waals surface area contributed by atoms with Crippen LogP contribution in [0.25, 0.3) is 0 Å². The van der Waals surface area contributed by atoms with E-state index in [1.54, 1.807) is 0 Å². The fourth-order valence-electron chi connectivity index (χ4n) is 3.04. The topological polar surface area (TPSA) is 147 Å². The Kier molecular flexibility index (Phi) is 13.8. The van der Waals surface area contributed by atoms with E-state index in [4.69, 9.17) is 4.55 Å². The van der Waals surface area contributed by atoms with Crippen molar-refractivity contribution in [3.63, 3.8) is 0 Å². The van der Waals surface area contributed by atoms with Gasteiger partial charge in [-0.15, -0.1) is 5.06 Å². The molecule has 2 N–H and O–H groups in total. The average molecular weight is 463 g/mol. The van der Waals surface area contributed by atoms with Crippen molar-refractivity contribution in [1.29, 1.82) is 0 Å². The van der Waals surface area contributed by atoms with Crippen molar-refractivity contribution in [2.75, 3.05) is 6.54 Å². The first-order chi connectivity index (χ1) is 14.2. The van der Waals surface area contributed by atoms with Crippen molar-refractivity contribution >= 4 is 40.6 Å². The molecule has 11 heteroatoms. The number of carbonyl (C=O) groups excluding carboxylic acids is 5. The van der Waals surface area contributed by atoms with Gasteiger partial charge in [-0.3, -0.25) is 19.2 Å². The van der Waals surface area contributed by atoms with Gasteiger partial charge in [0.2, 0.25) is 5.91 Å². The Labute approximate surface area is 185 Å². The van der Waals surface area contributed by atoms with Crippen molar-refractivity contribution in [2.24, 2.45) is 5.92 Å². The molecule has 1 aliphatic rings. The molecule has 3 amide bonds. The minimum Gasteiger partial charge on any atom is -0.345 e. The van der Waals surface area contributed by atoms with Crippen molar-refractivity contribution in [3.05, 3.63) is 0 Å². The van der Waals surface area contributed by atoms with Crippen molar-refractivity contribution in [3.8, 4) is 0 Å². The summed E-state index contributed by atoms with van der Waals surface area (Å²) in [5.41, 5.74) is 0. The van der Waals surface area contributed by atoms with E-state index >= 15 is 0 Å². The molecule has 0 radical (unpaired) electrons. The fraction of sp³-hybridized carbons (Fsp3) is 0.750. The van der Waals surface area contributed by atoms with Crippen LogP contribution in [0.3, 0.4) is 0 Å². The predicted octanol–water partition coefficient (Wildman–Crippen LogP) is 1.89. The highest BCUT2D eigenvalue weighted by molar-refractivity contribution is 7.80. The van der Waals surface area contributed by atoms with Crippen LogP contribution >= 0.6 is 0 Å². The highest BCUT2D eigenvalue weighted by Gasteiger charge is 2.45. The second-order valence-corrected chi connectivity index (χ2v) is 8.30. The van der Waals surface area contributed by atoms with Gasteiger partial charge in [0.05, 0.1) is 6.42 Å². The van der Waals surface area contributed by atoms with E-state index in [1.165, 1.54) is 0 Å². The van der Waals surface area contributed by atoms with Crippen molar-refractivity contribution < 1.29 is 37.6 Å². The number of imide groups is 1. The third-order valence-electron chi connectivity index (χ3n) is 4.79. The minimum absolute atomic E-state index is 0. The molecular weight excluding hydrogens is 428 g/mol. The van der Waals surface area contributed by atoms with Gasteiger partial charge in [0.25, 0.3) is 11.8 Å². The number of nitrogens with one attached hydrogen (secondary N) is 1. The van der Waals surface area contributed by atoms with Crippen LogP contribution in [0.1, 0.15) is 79.1 Å². The van der Waals surface area contributed by atoms with Gasteiger partial charge in [0.15, 0.2) is 16.3 Å². The van der Waals surface area contributed by atoms with Gasteiger partial charge in [-0.05, 0) is 12.8 Å². The molecule has 0 bridgehead atoms. The number of unbranched alkanes of at least 4 members (excludes halogenated alkanes) is 2. The number of amides is 3. The summed E-state index contributed by atoms with van der Waals surface area (Å²) in [5.74, 6) is -3.63. The lowest BCUT2D eigenvalue weighted by Crippen LogP contribution is -2.39. The molecule has 0 spiro atoms. The molecule has 1 rings (SSSR count). The van der Waals surface area contributed by atoms with Crippen molar-refractivity contribution in [2.45, 2.75) is 84.3 Å². The molecule has 0 aromatic rings. The Balaban J connectivity index is 0.00000900. The van der Waals surface area contributed by atoms with Gasteiger partial charge in [0, 0.05) is 18.8 Å². The standard InChI is InChI=1S/C19H30N2O8S.CH4/c1-3-5-7-13(8-6-4-2)14(22)9-10-16(23)20-12-18(25)29-21-17(24)11-15(19(21)26)30(27)28;/h13,15H,3-12H2,1-2H3,(H,20,23)(H,27,28);1H4. The van der Waals surface area contributed by atoms with Crippen LogP contribution in [-0.2, 0) is 39.9 Å². The Morgan fingerprint density at radius 1 is 1.16 bits per heavy atom. The minimum atomic E-state index is -2.56. The molecule has 10 nitrogen and oxygen atoms in total. The second kappa shape index (κ2) is 14.8. The molecule has 1 heterocycles. The summed E-state index contributed by atoms with van der Waals surface area (Å²) < 4.78 is 19.9. The van der Waals surface area contributed by atoms with E-state index in [9.17, 15) is 28.2 Å². The lowest BCUT2D eigenvalue weighted by Gasteiger charge is -2.15. The second-order valence-electron chi connectivity index (χ2n) is 7.18. The van der Waals surface area contributed by atoms with Gasteiger partial charge >= 0.3 is 5.97 Å². The molecule has 178 valence electrons. The fourth-order valence-corrected chi connectivity index (χ4v) is 3.59. The van der Waals surface area contributed by atoms with Crippen LogP contribution in [0.4, 0.5) is 0 Å². The first-order valence-electron chi connectivity index (χ1n) is 10.2. The van der Waals surface area contributed by atoms with Gasteiger partial charge in [0.1, 0.15) is 12.3 Å². The zero-order valence-electron chi connectivity index (χ0n) is 17.4. The van der Waals surface area contributed by atoms with Gasteiger partial charge < -0.3 is 14.7 Å². The predicted molar refractivity (Wildman–Crippen MR) is 114 cm³/mol. The Bertz CT molecular complexity index is 674. The van der Waals surface area contributed by atoms with E-state index in [-0.39, 0.29) is 37.0 Å². The molecule has 1 aliphatic heterocycles. The molecule has 1 saturated heterocycles. The van der Waals surface area contributed by atoms with E-state index in [0.717, 1.165) is 38.5 Å². The van der Waals surface area contributed by atoms with Crippen LogP contribution in [0.2, 0.25) is 0 Å². The largest absolute Gasteiger partial charge is 0.352 e. The number of hydrogen-bond donors (Lipinski definition) is 2. The summed E-state index contributed by atoms with van der Waals surface area (Å²) in [5, 5.41) is 0.945. The number of hydroxylamine groups is 2.